The third-order valence-corrected chi connectivity index (χ3v) is 4.84. The molecule has 2 atom stereocenters. The van der Waals surface area contributed by atoms with Crippen molar-refractivity contribution in [3.63, 3.8) is 0 Å². The van der Waals surface area contributed by atoms with Crippen LogP contribution in [0.2, 0.25) is 0 Å². The molecule has 3 heteroatoms. The van der Waals surface area contributed by atoms with Gasteiger partial charge in [0.25, 0.3) is 0 Å². The molecule has 1 saturated carbocycles. The Morgan fingerprint density at radius 1 is 1.39 bits per heavy atom. The number of methoxy groups -OCH3 is 1. The van der Waals surface area contributed by atoms with E-state index < -0.39 is 0 Å². The minimum absolute atomic E-state index is 0.606. The highest BCUT2D eigenvalue weighted by Crippen LogP contribution is 2.49. The Labute approximate surface area is 112 Å². The topological polar surface area (TPSA) is 24.5 Å². The highest BCUT2D eigenvalue weighted by atomic mass is 16.5. The van der Waals surface area contributed by atoms with E-state index in [1.807, 2.05) is 7.11 Å². The molecule has 106 valence electrons. The lowest BCUT2D eigenvalue weighted by molar-refractivity contribution is 0.0936. The van der Waals surface area contributed by atoms with Gasteiger partial charge in [0.15, 0.2) is 0 Å². The van der Waals surface area contributed by atoms with Gasteiger partial charge in [-0.1, -0.05) is 6.92 Å². The largest absolute Gasteiger partial charge is 0.385 e. The summed E-state index contributed by atoms with van der Waals surface area (Å²) in [6.07, 6.45) is 6.71. The SMILES string of the molecule is CCNC1CCN(CC2(CCOC)CC2)C(C)C1. The van der Waals surface area contributed by atoms with Gasteiger partial charge in [0, 0.05) is 32.3 Å². The summed E-state index contributed by atoms with van der Waals surface area (Å²) in [7, 11) is 1.82. The van der Waals surface area contributed by atoms with Gasteiger partial charge in [-0.25, -0.2) is 0 Å². The van der Waals surface area contributed by atoms with Crippen LogP contribution in [0.5, 0.6) is 0 Å². The molecular weight excluding hydrogens is 224 g/mol. The van der Waals surface area contributed by atoms with E-state index in [-0.39, 0.29) is 0 Å². The molecule has 2 fully saturated rings. The summed E-state index contributed by atoms with van der Waals surface area (Å²) in [5.74, 6) is 0. The molecule has 1 N–H and O–H groups in total. The van der Waals surface area contributed by atoms with Crippen LogP contribution in [0, 0.1) is 5.41 Å². The van der Waals surface area contributed by atoms with Gasteiger partial charge in [-0.3, -0.25) is 4.90 Å². The molecule has 2 aliphatic rings. The Hall–Kier alpha value is -0.120. The van der Waals surface area contributed by atoms with Crippen LogP contribution in [0.25, 0.3) is 0 Å². The summed E-state index contributed by atoms with van der Waals surface area (Å²) >= 11 is 0. The van der Waals surface area contributed by atoms with Crippen LogP contribution in [0.4, 0.5) is 0 Å². The molecule has 0 amide bonds. The summed E-state index contributed by atoms with van der Waals surface area (Å²) < 4.78 is 5.25. The summed E-state index contributed by atoms with van der Waals surface area (Å²) in [5.41, 5.74) is 0.606. The number of piperidine rings is 1. The molecule has 1 heterocycles. The number of hydrogen-bond donors (Lipinski definition) is 1. The molecule has 0 aromatic rings. The van der Waals surface area contributed by atoms with E-state index in [1.54, 1.807) is 0 Å². The average Bonchev–Trinajstić information content (AvgIpc) is 3.11. The summed E-state index contributed by atoms with van der Waals surface area (Å²) in [5, 5.41) is 3.60. The normalized spacial score (nSPS) is 31.5. The smallest absolute Gasteiger partial charge is 0.0468 e. The molecule has 2 unspecified atom stereocenters. The summed E-state index contributed by atoms with van der Waals surface area (Å²) in [6.45, 7) is 9.22. The maximum atomic E-state index is 5.25. The lowest BCUT2D eigenvalue weighted by atomic mass is 9.94. The van der Waals surface area contributed by atoms with Crippen molar-refractivity contribution in [2.75, 3.05) is 33.4 Å². The Bertz CT molecular complexity index is 253. The van der Waals surface area contributed by atoms with Crippen LogP contribution in [-0.2, 0) is 4.74 Å². The number of rotatable bonds is 7. The molecule has 0 radical (unpaired) electrons. The molecule has 3 nitrogen and oxygen atoms in total. The third-order valence-electron chi connectivity index (χ3n) is 4.84. The first-order valence-corrected chi connectivity index (χ1v) is 7.65. The number of nitrogens with one attached hydrogen (secondary N) is 1. The fourth-order valence-corrected chi connectivity index (χ4v) is 3.34. The third kappa shape index (κ3) is 3.69. The van der Waals surface area contributed by atoms with Crippen molar-refractivity contribution in [2.24, 2.45) is 5.41 Å². The lowest BCUT2D eigenvalue weighted by Gasteiger charge is -2.40. The molecule has 1 aliphatic heterocycles. The first-order valence-electron chi connectivity index (χ1n) is 7.65. The molecule has 1 saturated heterocycles. The second-order valence-electron chi connectivity index (χ2n) is 6.34. The van der Waals surface area contributed by atoms with Crippen molar-refractivity contribution in [1.29, 1.82) is 0 Å². The molecule has 0 aromatic heterocycles. The van der Waals surface area contributed by atoms with Crippen LogP contribution < -0.4 is 5.32 Å². The van der Waals surface area contributed by atoms with Gasteiger partial charge >= 0.3 is 0 Å². The molecule has 0 bridgehead atoms. The van der Waals surface area contributed by atoms with Crippen molar-refractivity contribution in [3.8, 4) is 0 Å². The first kappa shape index (κ1) is 14.3. The average molecular weight is 254 g/mol. The van der Waals surface area contributed by atoms with Crippen LogP contribution in [0.1, 0.15) is 46.0 Å². The van der Waals surface area contributed by atoms with Gasteiger partial charge in [0.1, 0.15) is 0 Å². The predicted molar refractivity (Wildman–Crippen MR) is 75.9 cm³/mol. The second kappa shape index (κ2) is 6.36. The zero-order valence-corrected chi connectivity index (χ0v) is 12.4. The van der Waals surface area contributed by atoms with E-state index in [9.17, 15) is 0 Å². The minimum atomic E-state index is 0.606. The fraction of sp³-hybridized carbons (Fsp3) is 1.00. The van der Waals surface area contributed by atoms with E-state index in [2.05, 4.69) is 24.1 Å². The monoisotopic (exact) mass is 254 g/mol. The zero-order valence-electron chi connectivity index (χ0n) is 12.4. The number of likely N-dealkylation sites (tertiary alicyclic amines) is 1. The van der Waals surface area contributed by atoms with E-state index in [4.69, 9.17) is 4.74 Å². The van der Waals surface area contributed by atoms with Crippen molar-refractivity contribution < 1.29 is 4.74 Å². The van der Waals surface area contributed by atoms with E-state index in [1.165, 1.54) is 45.2 Å². The Kier molecular flexibility index (Phi) is 5.05. The van der Waals surface area contributed by atoms with Crippen molar-refractivity contribution in [1.82, 2.24) is 10.2 Å². The Morgan fingerprint density at radius 3 is 2.72 bits per heavy atom. The minimum Gasteiger partial charge on any atom is -0.385 e. The quantitative estimate of drug-likeness (QED) is 0.754. The highest BCUT2D eigenvalue weighted by molar-refractivity contribution is 4.97. The molecule has 2 rings (SSSR count). The fourth-order valence-electron chi connectivity index (χ4n) is 3.34. The van der Waals surface area contributed by atoms with E-state index >= 15 is 0 Å². The Balaban J connectivity index is 1.77. The van der Waals surface area contributed by atoms with E-state index in [0.717, 1.165) is 25.2 Å². The van der Waals surface area contributed by atoms with Gasteiger partial charge in [0.05, 0.1) is 0 Å². The van der Waals surface area contributed by atoms with Gasteiger partial charge in [-0.05, 0) is 57.5 Å². The van der Waals surface area contributed by atoms with Crippen LogP contribution >= 0.6 is 0 Å². The van der Waals surface area contributed by atoms with Crippen molar-refractivity contribution in [2.45, 2.75) is 58.0 Å². The number of ether oxygens (including phenoxy) is 1. The maximum Gasteiger partial charge on any atom is 0.0468 e. The van der Waals surface area contributed by atoms with Gasteiger partial charge in [0.2, 0.25) is 0 Å². The molecule has 0 aromatic carbocycles. The molecule has 0 spiro atoms. The number of nitrogens with zero attached hydrogens (tertiary/aromatic N) is 1. The molecular formula is C15H30N2O. The molecule has 1 aliphatic carbocycles. The lowest BCUT2D eigenvalue weighted by Crippen LogP contribution is -2.49. The highest BCUT2D eigenvalue weighted by Gasteiger charge is 2.44. The van der Waals surface area contributed by atoms with Gasteiger partial charge < -0.3 is 10.1 Å². The maximum absolute atomic E-state index is 5.25. The first-order chi connectivity index (χ1) is 8.69. The van der Waals surface area contributed by atoms with Crippen molar-refractivity contribution >= 4 is 0 Å². The standard InChI is InChI=1S/C15H30N2O/c1-4-16-14-5-9-17(13(2)11-14)12-15(6-7-15)8-10-18-3/h13-14,16H,4-12H2,1-3H3. The van der Waals surface area contributed by atoms with E-state index in [0.29, 0.717) is 5.41 Å². The van der Waals surface area contributed by atoms with Gasteiger partial charge in [-0.15, -0.1) is 0 Å². The van der Waals surface area contributed by atoms with Crippen molar-refractivity contribution in [3.05, 3.63) is 0 Å². The summed E-state index contributed by atoms with van der Waals surface area (Å²) in [6, 6.07) is 1.48. The second-order valence-corrected chi connectivity index (χ2v) is 6.34. The number of hydrogen-bond acceptors (Lipinski definition) is 3. The predicted octanol–water partition coefficient (Wildman–Crippen LogP) is 2.27. The summed E-state index contributed by atoms with van der Waals surface area (Å²) in [4.78, 5) is 2.72. The Morgan fingerprint density at radius 2 is 2.17 bits per heavy atom. The van der Waals surface area contributed by atoms with Crippen LogP contribution in [-0.4, -0.2) is 50.3 Å². The van der Waals surface area contributed by atoms with Crippen LogP contribution in [0.3, 0.4) is 0 Å². The van der Waals surface area contributed by atoms with Gasteiger partial charge in [-0.2, -0.15) is 0 Å². The molecule has 18 heavy (non-hydrogen) atoms. The zero-order chi connectivity index (χ0) is 13.0. The van der Waals surface area contributed by atoms with Crippen LogP contribution in [0.15, 0.2) is 0 Å².